The number of rotatable bonds is 5. The first-order valence-corrected chi connectivity index (χ1v) is 14.5. The van der Waals surface area contributed by atoms with Crippen LogP contribution in [0.3, 0.4) is 0 Å². The zero-order valence-electron chi connectivity index (χ0n) is 22.8. The number of aromatic amines is 1. The summed E-state index contributed by atoms with van der Waals surface area (Å²) in [5.74, 6) is 1.02. The molecule has 0 amide bonds. The second kappa shape index (κ2) is 9.88. The summed E-state index contributed by atoms with van der Waals surface area (Å²) >= 11 is 0. The number of anilines is 1. The molecule has 1 N–H and O–H groups in total. The highest BCUT2D eigenvalue weighted by Gasteiger charge is 2.44. The number of ether oxygens (including phenoxy) is 1. The van der Waals surface area contributed by atoms with Crippen molar-refractivity contribution in [2.75, 3.05) is 31.2 Å². The number of fused-ring (bicyclic) bond motifs is 4. The smallest absolute Gasteiger partial charge is 0.128 e. The molecule has 2 bridgehead atoms. The van der Waals surface area contributed by atoms with Gasteiger partial charge < -0.3 is 14.6 Å². The van der Waals surface area contributed by atoms with E-state index >= 15 is 0 Å². The number of pyridine rings is 2. The molecule has 9 rings (SSSR count). The summed E-state index contributed by atoms with van der Waals surface area (Å²) in [5, 5.41) is 15.6. The van der Waals surface area contributed by atoms with Crippen molar-refractivity contribution in [1.82, 2.24) is 24.5 Å². The van der Waals surface area contributed by atoms with Gasteiger partial charge in [0.05, 0.1) is 30.5 Å². The Balaban J connectivity index is 1.03. The van der Waals surface area contributed by atoms with Crippen molar-refractivity contribution in [3.63, 3.8) is 0 Å². The standard InChI is InChI=1S/C33H31N7O/c34-15-27-17-37-40-19-26(23-2-1-10-41-11-8-23)13-30(33(27)40)25-4-6-32(36-16-25)38-20-28-14-29(21-38)39(28)18-22-3-5-31-24(12-22)7-9-35-31/h2-7,9,12-13,16-17,19,28-29,35H,1,8,10-11,14,18,20-21H2. The summed E-state index contributed by atoms with van der Waals surface area (Å²) < 4.78 is 7.50. The number of piperazine rings is 1. The Labute approximate surface area is 238 Å². The minimum absolute atomic E-state index is 0.551. The predicted molar refractivity (Wildman–Crippen MR) is 159 cm³/mol. The third-order valence-electron chi connectivity index (χ3n) is 8.98. The van der Waals surface area contributed by atoms with E-state index in [0.29, 0.717) is 17.6 Å². The minimum atomic E-state index is 0.551. The van der Waals surface area contributed by atoms with Crippen LogP contribution in [-0.2, 0) is 11.3 Å². The SMILES string of the molecule is N#Cc1cnn2cc(C3=CCCOCC3)cc(-c3ccc(N4CC5CC(C4)N5Cc4ccc5[nH]ccc5c4)nc3)c12. The van der Waals surface area contributed by atoms with Gasteiger partial charge in [-0.15, -0.1) is 0 Å². The van der Waals surface area contributed by atoms with E-state index in [4.69, 9.17) is 9.72 Å². The Kier molecular flexibility index (Phi) is 5.87. The number of aromatic nitrogens is 4. The van der Waals surface area contributed by atoms with Gasteiger partial charge in [-0.25, -0.2) is 9.50 Å². The van der Waals surface area contributed by atoms with Crippen molar-refractivity contribution in [3.05, 3.63) is 90.0 Å². The molecular formula is C33H31N7O. The number of H-pyrrole nitrogens is 1. The highest BCUT2D eigenvalue weighted by Crippen LogP contribution is 2.37. The maximum atomic E-state index is 9.79. The fourth-order valence-corrected chi connectivity index (χ4v) is 6.84. The van der Waals surface area contributed by atoms with Gasteiger partial charge in [-0.3, -0.25) is 4.90 Å². The molecule has 5 aromatic rings. The molecule has 8 nitrogen and oxygen atoms in total. The van der Waals surface area contributed by atoms with Crippen molar-refractivity contribution < 1.29 is 4.74 Å². The average molecular weight is 542 g/mol. The Hall–Kier alpha value is -4.45. The lowest BCUT2D eigenvalue weighted by atomic mass is 9.86. The van der Waals surface area contributed by atoms with Crippen molar-refractivity contribution in [2.24, 2.45) is 0 Å². The molecule has 1 aromatic carbocycles. The van der Waals surface area contributed by atoms with E-state index in [0.717, 1.165) is 73.7 Å². The van der Waals surface area contributed by atoms with Gasteiger partial charge >= 0.3 is 0 Å². The van der Waals surface area contributed by atoms with E-state index in [-0.39, 0.29) is 0 Å². The lowest BCUT2D eigenvalue weighted by Crippen LogP contribution is -2.68. The van der Waals surface area contributed by atoms with Crippen LogP contribution in [0.2, 0.25) is 0 Å². The molecule has 4 aromatic heterocycles. The summed E-state index contributed by atoms with van der Waals surface area (Å²) in [6, 6.07) is 18.8. The largest absolute Gasteiger partial charge is 0.381 e. The van der Waals surface area contributed by atoms with E-state index in [1.54, 1.807) is 6.20 Å². The Morgan fingerprint density at radius 2 is 1.95 bits per heavy atom. The molecule has 0 saturated carbocycles. The van der Waals surface area contributed by atoms with Gasteiger partial charge in [-0.1, -0.05) is 12.1 Å². The van der Waals surface area contributed by atoms with Gasteiger partial charge in [-0.2, -0.15) is 10.4 Å². The number of hydrogen-bond acceptors (Lipinski definition) is 6. The second-order valence-electron chi connectivity index (χ2n) is 11.4. The van der Waals surface area contributed by atoms with E-state index in [9.17, 15) is 5.26 Å². The van der Waals surface area contributed by atoms with Crippen molar-refractivity contribution >= 4 is 27.8 Å². The van der Waals surface area contributed by atoms with Crippen molar-refractivity contribution in [1.29, 1.82) is 5.26 Å². The van der Waals surface area contributed by atoms with Gasteiger partial charge in [-0.05, 0) is 77.7 Å². The van der Waals surface area contributed by atoms with Crippen LogP contribution in [0.4, 0.5) is 5.82 Å². The lowest BCUT2D eigenvalue weighted by molar-refractivity contribution is -0.00865. The lowest BCUT2D eigenvalue weighted by Gasteiger charge is -2.56. The highest BCUT2D eigenvalue weighted by atomic mass is 16.5. The van der Waals surface area contributed by atoms with Crippen molar-refractivity contribution in [3.8, 4) is 17.2 Å². The molecule has 3 fully saturated rings. The van der Waals surface area contributed by atoms with Gasteiger partial charge in [0, 0.05) is 67.0 Å². The number of piperidine rings is 1. The van der Waals surface area contributed by atoms with E-state index in [1.807, 2.05) is 23.1 Å². The van der Waals surface area contributed by atoms with Crippen LogP contribution in [0.5, 0.6) is 0 Å². The Morgan fingerprint density at radius 3 is 2.80 bits per heavy atom. The molecule has 8 heterocycles. The fourth-order valence-electron chi connectivity index (χ4n) is 6.84. The van der Waals surface area contributed by atoms with Gasteiger partial charge in [0.15, 0.2) is 0 Å². The van der Waals surface area contributed by atoms with Crippen LogP contribution < -0.4 is 4.90 Å². The number of nitriles is 1. The first-order valence-electron chi connectivity index (χ1n) is 14.5. The average Bonchev–Trinajstić information content (AvgIpc) is 3.57. The predicted octanol–water partition coefficient (Wildman–Crippen LogP) is 5.41. The third-order valence-corrected chi connectivity index (χ3v) is 8.98. The number of benzene rings is 1. The summed E-state index contributed by atoms with van der Waals surface area (Å²) in [4.78, 5) is 13.3. The van der Waals surface area contributed by atoms with E-state index in [1.165, 1.54) is 28.5 Å². The topological polar surface area (TPSA) is 85.5 Å². The molecule has 8 heteroatoms. The maximum absolute atomic E-state index is 9.79. The molecule has 0 radical (unpaired) electrons. The third kappa shape index (κ3) is 4.29. The summed E-state index contributed by atoms with van der Waals surface area (Å²) in [7, 11) is 0. The number of hydrogen-bond donors (Lipinski definition) is 1. The van der Waals surface area contributed by atoms with Crippen LogP contribution in [0.15, 0.2) is 73.3 Å². The molecule has 2 atom stereocenters. The van der Waals surface area contributed by atoms with Crippen LogP contribution in [-0.4, -0.2) is 62.9 Å². The maximum Gasteiger partial charge on any atom is 0.128 e. The Bertz CT molecular complexity index is 1810. The molecule has 4 aliphatic rings. The number of nitrogens with zero attached hydrogens (tertiary/aromatic N) is 6. The molecule has 41 heavy (non-hydrogen) atoms. The zero-order valence-corrected chi connectivity index (χ0v) is 22.8. The van der Waals surface area contributed by atoms with Crippen LogP contribution in [0.25, 0.3) is 33.1 Å². The molecule has 2 unspecified atom stereocenters. The van der Waals surface area contributed by atoms with Crippen LogP contribution >= 0.6 is 0 Å². The monoisotopic (exact) mass is 541 g/mol. The highest BCUT2D eigenvalue weighted by molar-refractivity contribution is 5.87. The van der Waals surface area contributed by atoms with Gasteiger partial charge in [0.1, 0.15) is 11.9 Å². The molecule has 4 aliphatic heterocycles. The van der Waals surface area contributed by atoms with E-state index in [2.05, 4.69) is 74.5 Å². The molecule has 0 aliphatic carbocycles. The molecule has 0 spiro atoms. The van der Waals surface area contributed by atoms with Gasteiger partial charge in [0.25, 0.3) is 0 Å². The molecule has 204 valence electrons. The first kappa shape index (κ1) is 24.4. The summed E-state index contributed by atoms with van der Waals surface area (Å²) in [5.41, 5.74) is 8.31. The Morgan fingerprint density at radius 1 is 1.02 bits per heavy atom. The van der Waals surface area contributed by atoms with Gasteiger partial charge in [0.2, 0.25) is 0 Å². The molecular weight excluding hydrogens is 510 g/mol. The minimum Gasteiger partial charge on any atom is -0.381 e. The first-order chi connectivity index (χ1) is 20.2. The summed E-state index contributed by atoms with van der Waals surface area (Å²) in [6.07, 6.45) is 12.9. The second-order valence-corrected chi connectivity index (χ2v) is 11.4. The van der Waals surface area contributed by atoms with E-state index < -0.39 is 0 Å². The van der Waals surface area contributed by atoms with Crippen LogP contribution in [0, 0.1) is 11.3 Å². The number of nitrogens with one attached hydrogen (secondary N) is 1. The fraction of sp³-hybridized carbons (Fsp3) is 0.303. The quantitative estimate of drug-likeness (QED) is 0.320. The van der Waals surface area contributed by atoms with Crippen molar-refractivity contribution in [2.45, 2.75) is 37.9 Å². The normalized spacial score (nSPS) is 21.0. The molecule has 3 saturated heterocycles. The van der Waals surface area contributed by atoms with Crippen LogP contribution in [0.1, 0.15) is 36.0 Å². The zero-order chi connectivity index (χ0) is 27.3. The summed E-state index contributed by atoms with van der Waals surface area (Å²) in [6.45, 7) is 4.45.